The zero-order valence-electron chi connectivity index (χ0n) is 23.2. The molecule has 0 aliphatic rings. The Morgan fingerprint density at radius 3 is 1.76 bits per heavy atom. The lowest BCUT2D eigenvalue weighted by molar-refractivity contribution is 0.391. The van der Waals surface area contributed by atoms with E-state index in [1.807, 2.05) is 67.8 Å². The number of rotatable bonds is 19. The number of nitrogens with zero attached hydrogens (tertiary/aromatic N) is 2. The van der Waals surface area contributed by atoms with E-state index in [4.69, 9.17) is 0 Å². The summed E-state index contributed by atoms with van der Waals surface area (Å²) in [6.07, 6.45) is 19.9. The molecule has 0 bridgehead atoms. The van der Waals surface area contributed by atoms with Crippen LogP contribution in [-0.4, -0.2) is 24.3 Å². The van der Waals surface area contributed by atoms with Crippen LogP contribution in [0.4, 0.5) is 0 Å². The van der Waals surface area contributed by atoms with E-state index in [1.165, 1.54) is 69.8 Å². The lowest BCUT2D eigenvalue weighted by Crippen LogP contribution is -2.31. The molecule has 0 saturated heterocycles. The Labute approximate surface area is 231 Å². The number of pyridine rings is 1. The van der Waals surface area contributed by atoms with Gasteiger partial charge in [0.2, 0.25) is 10.0 Å². The number of aryl methyl sites for hydroxylation is 2. The maximum atomic E-state index is 13.4. The van der Waals surface area contributed by atoms with Gasteiger partial charge in [-0.3, -0.25) is 4.98 Å². The van der Waals surface area contributed by atoms with E-state index in [1.54, 1.807) is 16.4 Å². The molecule has 38 heavy (non-hydrogen) atoms. The standard InChI is InChI=1S/C33H46N2O2S/c1-30-22-24-33(25-23-30)38(36,37)35(29-32-19-14-12-15-20-32)27-16-11-9-7-5-3-2-4-6-8-10-13-18-31-21-17-26-34-28-31/h12,14-15,17,19-26,28H,2-11,13,16,18,27,29H2,1H3. The van der Waals surface area contributed by atoms with Gasteiger partial charge in [-0.25, -0.2) is 8.42 Å². The molecular formula is C33H46N2O2S. The first-order chi connectivity index (χ1) is 18.6. The van der Waals surface area contributed by atoms with Crippen LogP contribution in [0, 0.1) is 6.92 Å². The monoisotopic (exact) mass is 534 g/mol. The number of benzene rings is 2. The molecule has 0 saturated carbocycles. The molecule has 0 radical (unpaired) electrons. The zero-order valence-corrected chi connectivity index (χ0v) is 24.0. The van der Waals surface area contributed by atoms with Gasteiger partial charge in [-0.05, 0) is 55.5 Å². The van der Waals surface area contributed by atoms with Gasteiger partial charge in [-0.2, -0.15) is 4.31 Å². The number of unbranched alkanes of at least 4 members (excludes halogenated alkanes) is 11. The van der Waals surface area contributed by atoms with Crippen molar-refractivity contribution in [3.05, 3.63) is 95.8 Å². The first kappa shape index (κ1) is 30.0. The van der Waals surface area contributed by atoms with Gasteiger partial charge in [0.05, 0.1) is 4.90 Å². The van der Waals surface area contributed by atoms with Crippen LogP contribution >= 0.6 is 0 Å². The van der Waals surface area contributed by atoms with Crippen LogP contribution < -0.4 is 0 Å². The first-order valence-corrected chi connectivity index (χ1v) is 16.0. The Balaban J connectivity index is 1.27. The van der Waals surface area contributed by atoms with Gasteiger partial charge >= 0.3 is 0 Å². The van der Waals surface area contributed by atoms with Gasteiger partial charge in [0, 0.05) is 25.5 Å². The summed E-state index contributed by atoms with van der Waals surface area (Å²) in [5.74, 6) is 0. The Kier molecular flexibility index (Phi) is 13.6. The Bertz CT molecular complexity index is 1120. The molecule has 0 N–H and O–H groups in total. The van der Waals surface area contributed by atoms with Gasteiger partial charge in [0.25, 0.3) is 0 Å². The van der Waals surface area contributed by atoms with Crippen molar-refractivity contribution in [1.82, 2.24) is 9.29 Å². The normalized spacial score (nSPS) is 11.7. The maximum absolute atomic E-state index is 13.4. The molecule has 206 valence electrons. The van der Waals surface area contributed by atoms with Crippen molar-refractivity contribution in [2.45, 2.75) is 102 Å². The smallest absolute Gasteiger partial charge is 0.243 e. The number of hydrogen-bond acceptors (Lipinski definition) is 3. The molecule has 0 atom stereocenters. The number of aromatic nitrogens is 1. The summed E-state index contributed by atoms with van der Waals surface area (Å²) in [6.45, 7) is 2.96. The van der Waals surface area contributed by atoms with Gasteiger partial charge in [-0.1, -0.05) is 118 Å². The van der Waals surface area contributed by atoms with E-state index in [2.05, 4.69) is 11.1 Å². The molecule has 0 aliphatic carbocycles. The summed E-state index contributed by atoms with van der Waals surface area (Å²) < 4.78 is 28.4. The molecule has 0 fully saturated rings. The van der Waals surface area contributed by atoms with Crippen molar-refractivity contribution in [1.29, 1.82) is 0 Å². The van der Waals surface area contributed by atoms with Crippen LogP contribution in [0.2, 0.25) is 0 Å². The summed E-state index contributed by atoms with van der Waals surface area (Å²) in [4.78, 5) is 4.57. The first-order valence-electron chi connectivity index (χ1n) is 14.6. The lowest BCUT2D eigenvalue weighted by atomic mass is 10.0. The zero-order chi connectivity index (χ0) is 26.9. The van der Waals surface area contributed by atoms with Gasteiger partial charge in [-0.15, -0.1) is 0 Å². The van der Waals surface area contributed by atoms with Crippen LogP contribution in [0.25, 0.3) is 0 Å². The highest BCUT2D eigenvalue weighted by Gasteiger charge is 2.24. The third kappa shape index (κ3) is 11.1. The molecule has 0 unspecified atom stereocenters. The Hall–Kier alpha value is -2.50. The molecule has 0 amide bonds. The highest BCUT2D eigenvalue weighted by Crippen LogP contribution is 2.21. The molecular weight excluding hydrogens is 488 g/mol. The second-order valence-corrected chi connectivity index (χ2v) is 12.4. The Morgan fingerprint density at radius 2 is 1.18 bits per heavy atom. The number of hydrogen-bond donors (Lipinski definition) is 0. The molecule has 2 aromatic carbocycles. The van der Waals surface area contributed by atoms with Crippen molar-refractivity contribution in [2.75, 3.05) is 6.54 Å². The second kappa shape index (κ2) is 17.2. The van der Waals surface area contributed by atoms with Crippen LogP contribution in [0.5, 0.6) is 0 Å². The van der Waals surface area contributed by atoms with Gasteiger partial charge < -0.3 is 0 Å². The van der Waals surface area contributed by atoms with Crippen molar-refractivity contribution >= 4 is 10.0 Å². The minimum absolute atomic E-state index is 0.382. The fourth-order valence-electron chi connectivity index (χ4n) is 4.86. The van der Waals surface area contributed by atoms with Crippen LogP contribution in [-0.2, 0) is 23.0 Å². The minimum Gasteiger partial charge on any atom is -0.264 e. The summed E-state index contributed by atoms with van der Waals surface area (Å²) in [7, 11) is -3.52. The van der Waals surface area contributed by atoms with E-state index in [0.29, 0.717) is 18.0 Å². The molecule has 0 spiro atoms. The van der Waals surface area contributed by atoms with E-state index >= 15 is 0 Å². The molecule has 1 heterocycles. The highest BCUT2D eigenvalue weighted by molar-refractivity contribution is 7.89. The van der Waals surface area contributed by atoms with E-state index < -0.39 is 10.0 Å². The van der Waals surface area contributed by atoms with Crippen LogP contribution in [0.1, 0.15) is 93.7 Å². The quantitative estimate of drug-likeness (QED) is 0.145. The predicted molar refractivity (Wildman–Crippen MR) is 159 cm³/mol. The minimum atomic E-state index is -3.52. The molecule has 1 aromatic heterocycles. The highest BCUT2D eigenvalue weighted by atomic mass is 32.2. The average molecular weight is 535 g/mol. The SMILES string of the molecule is Cc1ccc(S(=O)(=O)N(CCCCCCCCCCCCCCc2cccnc2)Cc2ccccc2)cc1. The fraction of sp³-hybridized carbons (Fsp3) is 0.485. The van der Waals surface area contributed by atoms with Crippen molar-refractivity contribution < 1.29 is 8.42 Å². The maximum Gasteiger partial charge on any atom is 0.243 e. The van der Waals surface area contributed by atoms with E-state index in [0.717, 1.165) is 30.4 Å². The molecule has 3 aromatic rings. The molecule has 3 rings (SSSR count). The third-order valence-electron chi connectivity index (χ3n) is 7.21. The van der Waals surface area contributed by atoms with Crippen molar-refractivity contribution in [2.24, 2.45) is 0 Å². The van der Waals surface area contributed by atoms with Crippen molar-refractivity contribution in [3.63, 3.8) is 0 Å². The summed E-state index contributed by atoms with van der Waals surface area (Å²) >= 11 is 0. The topological polar surface area (TPSA) is 50.3 Å². The lowest BCUT2D eigenvalue weighted by Gasteiger charge is -2.22. The van der Waals surface area contributed by atoms with Crippen LogP contribution in [0.15, 0.2) is 84.0 Å². The van der Waals surface area contributed by atoms with Gasteiger partial charge in [0.1, 0.15) is 0 Å². The summed E-state index contributed by atoms with van der Waals surface area (Å²) in [5.41, 5.74) is 3.44. The summed E-state index contributed by atoms with van der Waals surface area (Å²) in [5, 5.41) is 0. The van der Waals surface area contributed by atoms with Gasteiger partial charge in [0.15, 0.2) is 0 Å². The van der Waals surface area contributed by atoms with Crippen LogP contribution in [0.3, 0.4) is 0 Å². The largest absolute Gasteiger partial charge is 0.264 e. The fourth-order valence-corrected chi connectivity index (χ4v) is 6.33. The molecule has 4 nitrogen and oxygen atoms in total. The van der Waals surface area contributed by atoms with E-state index in [9.17, 15) is 8.42 Å². The summed E-state index contributed by atoms with van der Waals surface area (Å²) in [6, 6.07) is 21.3. The third-order valence-corrected chi connectivity index (χ3v) is 9.07. The Morgan fingerprint density at radius 1 is 0.632 bits per heavy atom. The predicted octanol–water partition coefficient (Wildman–Crippen LogP) is 8.50. The van der Waals surface area contributed by atoms with E-state index in [-0.39, 0.29) is 0 Å². The average Bonchev–Trinajstić information content (AvgIpc) is 2.94. The molecule has 5 heteroatoms. The number of sulfonamides is 1. The molecule has 0 aliphatic heterocycles. The second-order valence-electron chi connectivity index (χ2n) is 10.5. The van der Waals surface area contributed by atoms with Crippen molar-refractivity contribution in [3.8, 4) is 0 Å².